The van der Waals surface area contributed by atoms with Crippen LogP contribution in [0.4, 0.5) is 21.5 Å². The fraction of sp³-hybridized carbons (Fsp3) is 0. The molecular weight excluding hydrogens is 539 g/mol. The lowest BCUT2D eigenvalue weighted by molar-refractivity contribution is 0.640. The zero-order valence-electron chi connectivity index (χ0n) is 23.9. The molecule has 1 heterocycles. The minimum atomic E-state index is -0.211. The SMILES string of the molecule is C=C1/C=C\C=Nc2ccc(-c3c4ccccc4c(-c4ccc(F)c5ccccc45)c4ccccc34)cc2N1c1ccccc1. The van der Waals surface area contributed by atoms with E-state index in [1.165, 1.54) is 0 Å². The van der Waals surface area contributed by atoms with Gasteiger partial charge in [-0.3, -0.25) is 4.99 Å². The van der Waals surface area contributed by atoms with Crippen LogP contribution in [0, 0.1) is 5.82 Å². The number of anilines is 2. The van der Waals surface area contributed by atoms with Crippen molar-refractivity contribution in [3.63, 3.8) is 0 Å². The van der Waals surface area contributed by atoms with Crippen LogP contribution < -0.4 is 4.90 Å². The first-order chi connectivity index (χ1) is 21.7. The molecule has 3 heteroatoms. The normalized spacial score (nSPS) is 13.7. The van der Waals surface area contributed by atoms with Crippen LogP contribution >= 0.6 is 0 Å². The minimum absolute atomic E-state index is 0.211. The summed E-state index contributed by atoms with van der Waals surface area (Å²) in [5, 5.41) is 6.03. The van der Waals surface area contributed by atoms with E-state index >= 15 is 0 Å². The summed E-state index contributed by atoms with van der Waals surface area (Å²) in [7, 11) is 0. The number of aliphatic imine (C=N–C) groups is 1. The second-order valence-corrected chi connectivity index (χ2v) is 11.0. The summed E-state index contributed by atoms with van der Waals surface area (Å²) in [5.41, 5.74) is 8.06. The summed E-state index contributed by atoms with van der Waals surface area (Å²) in [4.78, 5) is 6.94. The van der Waals surface area contributed by atoms with Gasteiger partial charge in [0.05, 0.1) is 11.4 Å². The summed E-state index contributed by atoms with van der Waals surface area (Å²) in [5.74, 6) is -0.211. The van der Waals surface area contributed by atoms with Gasteiger partial charge in [-0.05, 0) is 91.7 Å². The lowest BCUT2D eigenvalue weighted by atomic mass is 9.84. The maximum absolute atomic E-state index is 14.9. The Morgan fingerprint density at radius 1 is 0.568 bits per heavy atom. The third kappa shape index (κ3) is 4.13. The summed E-state index contributed by atoms with van der Waals surface area (Å²) in [6, 6.07) is 45.1. The molecule has 0 atom stereocenters. The Morgan fingerprint density at radius 2 is 1.16 bits per heavy atom. The van der Waals surface area contributed by atoms with Gasteiger partial charge in [-0.2, -0.15) is 0 Å². The molecule has 0 radical (unpaired) electrons. The van der Waals surface area contributed by atoms with Crippen LogP contribution in [0.5, 0.6) is 0 Å². The van der Waals surface area contributed by atoms with Gasteiger partial charge in [0, 0.05) is 23.0 Å². The highest BCUT2D eigenvalue weighted by Gasteiger charge is 2.21. The molecule has 0 fully saturated rings. The fourth-order valence-electron chi connectivity index (χ4n) is 6.57. The molecule has 8 rings (SSSR count). The molecule has 7 aromatic rings. The number of halogens is 1. The number of nitrogens with zero attached hydrogens (tertiary/aromatic N) is 2. The molecule has 1 aliphatic rings. The van der Waals surface area contributed by atoms with Crippen molar-refractivity contribution in [3.8, 4) is 22.3 Å². The zero-order valence-corrected chi connectivity index (χ0v) is 23.9. The smallest absolute Gasteiger partial charge is 0.131 e. The molecule has 2 nitrogen and oxygen atoms in total. The Balaban J connectivity index is 1.45. The Kier molecular flexibility index (Phi) is 6.16. The maximum Gasteiger partial charge on any atom is 0.131 e. The van der Waals surface area contributed by atoms with Crippen LogP contribution in [0.15, 0.2) is 163 Å². The van der Waals surface area contributed by atoms with Crippen molar-refractivity contribution < 1.29 is 4.39 Å². The van der Waals surface area contributed by atoms with Gasteiger partial charge in [0.1, 0.15) is 5.82 Å². The van der Waals surface area contributed by atoms with E-state index in [0.29, 0.717) is 5.39 Å². The number of allylic oxidation sites excluding steroid dienone is 2. The molecule has 0 unspecified atom stereocenters. The van der Waals surface area contributed by atoms with Crippen molar-refractivity contribution >= 4 is 55.6 Å². The Labute approximate surface area is 255 Å². The molecule has 0 aromatic heterocycles. The molecule has 0 bridgehead atoms. The Morgan fingerprint density at radius 3 is 1.84 bits per heavy atom. The summed E-state index contributed by atoms with van der Waals surface area (Å²) in [6.45, 7) is 4.40. The Bertz CT molecular complexity index is 2260. The van der Waals surface area contributed by atoms with Gasteiger partial charge in [-0.15, -0.1) is 0 Å². The maximum atomic E-state index is 14.9. The van der Waals surface area contributed by atoms with Crippen LogP contribution in [0.25, 0.3) is 54.6 Å². The van der Waals surface area contributed by atoms with E-state index in [-0.39, 0.29) is 5.82 Å². The van der Waals surface area contributed by atoms with Gasteiger partial charge in [0.2, 0.25) is 0 Å². The van der Waals surface area contributed by atoms with E-state index in [2.05, 4.69) is 90.3 Å². The van der Waals surface area contributed by atoms with Crippen molar-refractivity contribution in [1.82, 2.24) is 0 Å². The van der Waals surface area contributed by atoms with E-state index in [1.54, 1.807) is 6.07 Å². The predicted octanol–water partition coefficient (Wildman–Crippen LogP) is 11.5. The molecular formula is C41H27FN2. The number of benzene rings is 7. The van der Waals surface area contributed by atoms with Crippen molar-refractivity contribution in [2.45, 2.75) is 0 Å². The molecule has 0 saturated heterocycles. The lowest BCUT2D eigenvalue weighted by Crippen LogP contribution is -2.15. The monoisotopic (exact) mass is 566 g/mol. The highest BCUT2D eigenvalue weighted by atomic mass is 19.1. The van der Waals surface area contributed by atoms with Crippen LogP contribution in [0.1, 0.15) is 0 Å². The van der Waals surface area contributed by atoms with Gasteiger partial charge in [0.25, 0.3) is 0 Å². The van der Waals surface area contributed by atoms with Crippen molar-refractivity contribution in [2.24, 2.45) is 4.99 Å². The molecule has 208 valence electrons. The highest BCUT2D eigenvalue weighted by molar-refractivity contribution is 6.23. The average molecular weight is 567 g/mol. The molecule has 0 N–H and O–H groups in total. The summed E-state index contributed by atoms with van der Waals surface area (Å²) in [6.07, 6.45) is 5.73. The van der Waals surface area contributed by atoms with Gasteiger partial charge < -0.3 is 4.90 Å². The molecule has 1 aliphatic heterocycles. The molecule has 0 amide bonds. The number of fused-ring (bicyclic) bond motifs is 4. The lowest BCUT2D eigenvalue weighted by Gasteiger charge is -2.28. The number of rotatable bonds is 3. The van der Waals surface area contributed by atoms with E-state index in [1.807, 2.05) is 66.9 Å². The third-order valence-corrected chi connectivity index (χ3v) is 8.47. The molecule has 0 aliphatic carbocycles. The zero-order chi connectivity index (χ0) is 29.6. The van der Waals surface area contributed by atoms with Crippen molar-refractivity contribution in [2.75, 3.05) is 4.90 Å². The highest BCUT2D eigenvalue weighted by Crippen LogP contribution is 2.47. The predicted molar refractivity (Wildman–Crippen MR) is 185 cm³/mol. The molecule has 0 saturated carbocycles. The fourth-order valence-corrected chi connectivity index (χ4v) is 6.57. The molecule has 44 heavy (non-hydrogen) atoms. The van der Waals surface area contributed by atoms with Crippen LogP contribution in [0.2, 0.25) is 0 Å². The second-order valence-electron chi connectivity index (χ2n) is 11.0. The first kappa shape index (κ1) is 25.9. The number of hydrogen-bond donors (Lipinski definition) is 0. The first-order valence-electron chi connectivity index (χ1n) is 14.7. The molecule has 0 spiro atoms. The Hall–Kier alpha value is -5.80. The van der Waals surface area contributed by atoms with E-state index in [4.69, 9.17) is 4.99 Å². The number of para-hydroxylation sites is 1. The first-order valence-corrected chi connectivity index (χ1v) is 14.7. The quantitative estimate of drug-likeness (QED) is 0.194. The van der Waals surface area contributed by atoms with E-state index in [9.17, 15) is 4.39 Å². The second kappa shape index (κ2) is 10.5. The molecule has 7 aromatic carbocycles. The van der Waals surface area contributed by atoms with Gasteiger partial charge in [0.15, 0.2) is 0 Å². The largest absolute Gasteiger partial charge is 0.309 e. The number of hydrogen-bond acceptors (Lipinski definition) is 2. The van der Waals surface area contributed by atoms with Crippen molar-refractivity contribution in [3.05, 3.63) is 164 Å². The van der Waals surface area contributed by atoms with Crippen LogP contribution in [-0.2, 0) is 0 Å². The van der Waals surface area contributed by atoms with Gasteiger partial charge >= 0.3 is 0 Å². The van der Waals surface area contributed by atoms with Gasteiger partial charge in [-0.25, -0.2) is 4.39 Å². The van der Waals surface area contributed by atoms with Crippen LogP contribution in [-0.4, -0.2) is 6.21 Å². The standard InChI is InChI=1S/C41H27FN2/c1-27-12-11-25-43-38-24-21-28(26-39(38)44(27)29-13-3-2-4-14-29)40-32-17-7-9-19-34(32)41(35-20-10-8-18-33(35)40)36-22-23-37(42)31-16-6-5-15-30(31)36/h2-26H,1H2/b12-11-,43-25?. The topological polar surface area (TPSA) is 15.6 Å². The average Bonchev–Trinajstić information content (AvgIpc) is 3.06. The van der Waals surface area contributed by atoms with E-state index < -0.39 is 0 Å². The minimum Gasteiger partial charge on any atom is -0.309 e. The third-order valence-electron chi connectivity index (χ3n) is 8.47. The van der Waals surface area contributed by atoms with Gasteiger partial charge in [-0.1, -0.05) is 110 Å². The summed E-state index contributed by atoms with van der Waals surface area (Å²) >= 11 is 0. The van der Waals surface area contributed by atoms with Crippen LogP contribution in [0.3, 0.4) is 0 Å². The van der Waals surface area contributed by atoms with E-state index in [0.717, 1.165) is 71.9 Å². The van der Waals surface area contributed by atoms with Crippen molar-refractivity contribution in [1.29, 1.82) is 0 Å². The summed E-state index contributed by atoms with van der Waals surface area (Å²) < 4.78 is 14.9.